The second-order valence-corrected chi connectivity index (χ2v) is 18.3. The molecule has 3 aromatic rings. The molecule has 4 aliphatic rings. The number of carbonyl (C=O) groups is 4. The average Bonchev–Trinajstić information content (AvgIpc) is 4.04. The topological polar surface area (TPSA) is 195 Å². The number of allylic oxidation sites excluding steroid dienone is 1. The van der Waals surface area contributed by atoms with Gasteiger partial charge in [-0.2, -0.15) is 4.80 Å². The van der Waals surface area contributed by atoms with Gasteiger partial charge in [0, 0.05) is 24.4 Å². The van der Waals surface area contributed by atoms with Gasteiger partial charge in [-0.3, -0.25) is 19.1 Å². The molecule has 57 heavy (non-hydrogen) atoms. The third-order valence-corrected chi connectivity index (χ3v) is 12.6. The van der Waals surface area contributed by atoms with Crippen molar-refractivity contribution in [2.45, 2.75) is 113 Å². The smallest absolute Gasteiger partial charge is 0.408 e. The molecule has 3 N–H and O–H groups in total. The Morgan fingerprint density at radius 2 is 1.74 bits per heavy atom. The van der Waals surface area contributed by atoms with Crippen LogP contribution in [0.2, 0.25) is 0 Å². The van der Waals surface area contributed by atoms with Crippen molar-refractivity contribution in [3.8, 4) is 11.4 Å². The van der Waals surface area contributed by atoms with Crippen molar-refractivity contribution < 1.29 is 32.3 Å². The zero-order valence-electron chi connectivity index (χ0n) is 32.5. The van der Waals surface area contributed by atoms with Gasteiger partial charge in [0.1, 0.15) is 23.2 Å². The fraction of sp³-hybridized carbons (Fsp3) is 0.488. The summed E-state index contributed by atoms with van der Waals surface area (Å²) in [7, 11) is -3.90. The molecule has 1 aromatic heterocycles. The van der Waals surface area contributed by atoms with Crippen molar-refractivity contribution in [2.75, 3.05) is 6.54 Å². The van der Waals surface area contributed by atoms with E-state index in [9.17, 15) is 27.6 Å². The van der Waals surface area contributed by atoms with E-state index >= 15 is 0 Å². The Labute approximate surface area is 332 Å². The molecule has 2 aromatic carbocycles. The van der Waals surface area contributed by atoms with E-state index in [1.54, 1.807) is 20.8 Å². The summed E-state index contributed by atoms with van der Waals surface area (Å²) in [5, 5.41) is 18.5. The molecule has 16 heteroatoms. The van der Waals surface area contributed by atoms with Crippen LogP contribution in [0.25, 0.3) is 23.5 Å². The fourth-order valence-corrected chi connectivity index (χ4v) is 8.84. The highest BCUT2D eigenvalue weighted by molar-refractivity contribution is 7.91. The standard InChI is InChI=1S/C41H50N8O7S/c1-40(2,3)56-39(53)42-33-19-11-6-4-5-10-17-29-25-41(29,38(52)46-57(54,55)31-22-23-31)43-36(50)34-24-30(26-48(34)37(33)51)49-45-35(44-47-49)32-18-13-12-16-28(32)21-20-27-14-8-7-9-15-27/h7-10,12-18,20-21,29-31,33-34H,4-6,11,19,22-26H2,1-3H3,(H,42,53)(H,43,50)(H,46,52)/b17-10-,21-20+/t29-,30-,33-,34+,41+/m1/s1. The molecule has 302 valence electrons. The molecular weight excluding hydrogens is 749 g/mol. The Bertz CT molecular complexity index is 2160. The van der Waals surface area contributed by atoms with Crippen LogP contribution in [0.3, 0.4) is 0 Å². The number of hydrogen-bond acceptors (Lipinski definition) is 10. The van der Waals surface area contributed by atoms with Gasteiger partial charge in [-0.25, -0.2) is 13.2 Å². The lowest BCUT2D eigenvalue weighted by Gasteiger charge is -2.30. The van der Waals surface area contributed by atoms with Crippen molar-refractivity contribution in [3.63, 3.8) is 0 Å². The second kappa shape index (κ2) is 16.2. The van der Waals surface area contributed by atoms with Crippen LogP contribution >= 0.6 is 0 Å². The predicted molar refractivity (Wildman–Crippen MR) is 212 cm³/mol. The van der Waals surface area contributed by atoms with Crippen LogP contribution in [0, 0.1) is 5.92 Å². The Morgan fingerprint density at radius 3 is 2.49 bits per heavy atom. The van der Waals surface area contributed by atoms with Gasteiger partial charge in [-0.05, 0) is 75.6 Å². The third kappa shape index (κ3) is 9.43. The molecule has 2 aliphatic heterocycles. The number of nitrogens with one attached hydrogen (secondary N) is 3. The first-order valence-corrected chi connectivity index (χ1v) is 21.2. The zero-order valence-corrected chi connectivity index (χ0v) is 33.3. The van der Waals surface area contributed by atoms with Crippen molar-refractivity contribution >= 4 is 46.0 Å². The van der Waals surface area contributed by atoms with Crippen molar-refractivity contribution in [3.05, 3.63) is 77.9 Å². The molecule has 15 nitrogen and oxygen atoms in total. The van der Waals surface area contributed by atoms with E-state index in [-0.39, 0.29) is 19.4 Å². The van der Waals surface area contributed by atoms with Crippen LogP contribution in [0.5, 0.6) is 0 Å². The first-order valence-electron chi connectivity index (χ1n) is 19.7. The normalized spacial score (nSPS) is 26.3. The van der Waals surface area contributed by atoms with Gasteiger partial charge in [0.15, 0.2) is 0 Å². The van der Waals surface area contributed by atoms with E-state index < -0.39 is 74.3 Å². The minimum Gasteiger partial charge on any atom is -0.444 e. The maximum Gasteiger partial charge on any atom is 0.408 e. The summed E-state index contributed by atoms with van der Waals surface area (Å²) < 4.78 is 33.5. The van der Waals surface area contributed by atoms with Gasteiger partial charge >= 0.3 is 6.09 Å². The summed E-state index contributed by atoms with van der Waals surface area (Å²) in [6.45, 7) is 5.20. The maximum atomic E-state index is 14.6. The number of rotatable bonds is 8. The van der Waals surface area contributed by atoms with E-state index in [1.807, 2.05) is 78.9 Å². The van der Waals surface area contributed by atoms with Gasteiger partial charge in [0.05, 0.1) is 11.3 Å². The van der Waals surface area contributed by atoms with Crippen LogP contribution in [0.4, 0.5) is 4.79 Å². The largest absolute Gasteiger partial charge is 0.444 e. The number of benzene rings is 2. The number of hydrogen-bond donors (Lipinski definition) is 3. The summed E-state index contributed by atoms with van der Waals surface area (Å²) in [5.74, 6) is -1.98. The highest BCUT2D eigenvalue weighted by Crippen LogP contribution is 2.46. The van der Waals surface area contributed by atoms with Gasteiger partial charge in [-0.15, -0.1) is 10.2 Å². The highest BCUT2D eigenvalue weighted by atomic mass is 32.2. The highest BCUT2D eigenvalue weighted by Gasteiger charge is 2.62. The lowest BCUT2D eigenvalue weighted by Crippen LogP contribution is -2.58. The lowest BCUT2D eigenvalue weighted by atomic mass is 10.0. The molecular formula is C41H50N8O7S. The molecule has 3 heterocycles. The SMILES string of the molecule is CC(C)(C)OC(=O)N[C@@H]1CCCCC/C=C\[C@@H]2C[C@]2(C(=O)NS(=O)(=O)C2CC2)NC(=O)[C@@H]2C[C@@H](n3nnc(-c4ccccc4/C=C/c4ccccc4)n3)CN2C1=O. The van der Waals surface area contributed by atoms with E-state index in [0.29, 0.717) is 37.9 Å². The van der Waals surface area contributed by atoms with Crippen LogP contribution in [-0.2, 0) is 29.1 Å². The monoisotopic (exact) mass is 798 g/mol. The van der Waals surface area contributed by atoms with E-state index in [1.165, 1.54) is 9.70 Å². The first-order chi connectivity index (χ1) is 27.2. The molecule has 5 atom stereocenters. The number of carbonyl (C=O) groups excluding carboxylic acids is 4. The Kier molecular flexibility index (Phi) is 11.3. The van der Waals surface area contributed by atoms with Gasteiger partial charge < -0.3 is 20.3 Å². The minimum atomic E-state index is -3.90. The second-order valence-electron chi connectivity index (χ2n) is 16.4. The third-order valence-electron chi connectivity index (χ3n) is 10.8. The number of nitrogens with zero attached hydrogens (tertiary/aromatic N) is 5. The molecule has 2 aliphatic carbocycles. The molecule has 7 rings (SSSR count). The Balaban J connectivity index is 1.18. The number of sulfonamides is 1. The van der Waals surface area contributed by atoms with Crippen LogP contribution in [-0.4, -0.2) is 92.4 Å². The molecule has 0 unspecified atom stereocenters. The molecule has 0 spiro atoms. The number of alkyl carbamates (subject to hydrolysis) is 1. The predicted octanol–water partition coefficient (Wildman–Crippen LogP) is 4.55. The lowest BCUT2D eigenvalue weighted by molar-refractivity contribution is -0.141. The van der Waals surface area contributed by atoms with E-state index in [0.717, 1.165) is 29.5 Å². The minimum absolute atomic E-state index is 0.00730. The van der Waals surface area contributed by atoms with Crippen molar-refractivity contribution in [1.29, 1.82) is 0 Å². The number of fused-ring (bicyclic) bond motifs is 2. The van der Waals surface area contributed by atoms with E-state index in [4.69, 9.17) is 9.84 Å². The first kappa shape index (κ1) is 39.8. The molecule has 0 radical (unpaired) electrons. The number of tetrazole rings is 1. The van der Waals surface area contributed by atoms with Crippen molar-refractivity contribution in [2.24, 2.45) is 5.92 Å². The van der Waals surface area contributed by atoms with Gasteiger partial charge in [0.2, 0.25) is 27.7 Å². The quantitative estimate of drug-likeness (QED) is 0.215. The van der Waals surface area contributed by atoms with Crippen molar-refractivity contribution in [1.82, 2.24) is 40.5 Å². The number of amides is 4. The van der Waals surface area contributed by atoms with E-state index in [2.05, 4.69) is 25.7 Å². The van der Waals surface area contributed by atoms with Gasteiger partial charge in [0.25, 0.3) is 5.91 Å². The molecule has 3 fully saturated rings. The fourth-order valence-electron chi connectivity index (χ4n) is 7.48. The summed E-state index contributed by atoms with van der Waals surface area (Å²) in [6, 6.07) is 14.8. The zero-order chi connectivity index (χ0) is 40.4. The number of ether oxygens (including phenoxy) is 1. The Morgan fingerprint density at radius 1 is 0.982 bits per heavy atom. The molecule has 4 amide bonds. The summed E-state index contributed by atoms with van der Waals surface area (Å²) >= 11 is 0. The molecule has 0 bridgehead atoms. The molecule has 1 saturated heterocycles. The maximum absolute atomic E-state index is 14.6. The average molecular weight is 799 g/mol. The van der Waals surface area contributed by atoms with Crippen LogP contribution in [0.1, 0.15) is 95.7 Å². The Hall–Kier alpha value is -5.38. The number of aromatic nitrogens is 4. The summed E-state index contributed by atoms with van der Waals surface area (Å²) in [5.41, 5.74) is 0.312. The summed E-state index contributed by atoms with van der Waals surface area (Å²) in [4.78, 5) is 58.6. The summed E-state index contributed by atoms with van der Waals surface area (Å²) in [6.07, 6.45) is 11.4. The molecule has 2 saturated carbocycles. The van der Waals surface area contributed by atoms with Gasteiger partial charge in [-0.1, -0.05) is 91.7 Å². The van der Waals surface area contributed by atoms with Crippen LogP contribution in [0.15, 0.2) is 66.7 Å². The van der Waals surface area contributed by atoms with Crippen LogP contribution < -0.4 is 15.4 Å².